The van der Waals surface area contributed by atoms with Crippen molar-refractivity contribution in [3.8, 4) is 0 Å². The van der Waals surface area contributed by atoms with Crippen molar-refractivity contribution in [3.05, 3.63) is 21.0 Å². The average Bonchev–Trinajstić information content (AvgIpc) is 3.36. The summed E-state index contributed by atoms with van der Waals surface area (Å²) in [6, 6.07) is 0. The van der Waals surface area contributed by atoms with E-state index in [1.54, 1.807) is 0 Å². The predicted molar refractivity (Wildman–Crippen MR) is 156 cm³/mol. The minimum atomic E-state index is 0.201. The Balaban J connectivity index is 2.06. The molecule has 0 aromatic carbocycles. The second-order valence-electron chi connectivity index (χ2n) is 10.7. The number of hydrogen-bond acceptors (Lipinski definition) is 2. The molecule has 0 amide bonds. The van der Waals surface area contributed by atoms with Crippen molar-refractivity contribution in [1.82, 2.24) is 0 Å². The van der Waals surface area contributed by atoms with Gasteiger partial charge >= 0.3 is 174 Å². The predicted octanol–water partition coefficient (Wildman–Crippen LogP) is 10.7. The minimum absolute atomic E-state index is 0.201. The van der Waals surface area contributed by atoms with Gasteiger partial charge in [-0.25, -0.2) is 0 Å². The first-order chi connectivity index (χ1) is 17.2. The van der Waals surface area contributed by atoms with Gasteiger partial charge in [0, 0.05) is 0 Å². The molecule has 1 aromatic heterocycles. The second-order valence-corrected chi connectivity index (χ2v) is 12.2. The Hall–Kier alpha value is -0.0805. The molecule has 0 bridgehead atoms. The third kappa shape index (κ3) is 17.9. The van der Waals surface area contributed by atoms with E-state index in [0.717, 1.165) is 13.2 Å². The zero-order chi connectivity index (χ0) is 25.4. The molecule has 0 fully saturated rings. The monoisotopic (exact) mass is 556 g/mol. The molecule has 0 N–H and O–H groups in total. The summed E-state index contributed by atoms with van der Waals surface area (Å²) >= 11 is 0.466. The Bertz CT molecular complexity index is 509. The van der Waals surface area contributed by atoms with E-state index >= 15 is 0 Å². The van der Waals surface area contributed by atoms with Gasteiger partial charge in [-0.3, -0.25) is 0 Å². The van der Waals surface area contributed by atoms with Crippen LogP contribution in [0.2, 0.25) is 0 Å². The van der Waals surface area contributed by atoms with E-state index in [-0.39, 0.29) is 12.2 Å². The van der Waals surface area contributed by atoms with E-state index in [1.807, 2.05) is 0 Å². The van der Waals surface area contributed by atoms with Crippen molar-refractivity contribution in [2.45, 2.75) is 168 Å². The molecule has 1 rings (SSSR count). The maximum absolute atomic E-state index is 6.23. The van der Waals surface area contributed by atoms with Crippen LogP contribution in [0.5, 0.6) is 0 Å². The van der Waals surface area contributed by atoms with Crippen LogP contribution in [0.3, 0.4) is 0 Å². The van der Waals surface area contributed by atoms with Gasteiger partial charge in [-0.05, 0) is 0 Å². The second kappa shape index (κ2) is 24.3. The molecule has 0 spiro atoms. The van der Waals surface area contributed by atoms with Crippen LogP contribution in [0.15, 0.2) is 9.88 Å². The van der Waals surface area contributed by atoms with E-state index in [4.69, 9.17) is 9.47 Å². The van der Waals surface area contributed by atoms with Gasteiger partial charge in [-0.15, -0.1) is 0 Å². The molecule has 1 aromatic rings. The summed E-state index contributed by atoms with van der Waals surface area (Å²) in [6.45, 7) is 10.8. The van der Waals surface area contributed by atoms with Crippen molar-refractivity contribution in [2.75, 3.05) is 13.2 Å². The Kier molecular flexibility index (Phi) is 22.8. The summed E-state index contributed by atoms with van der Waals surface area (Å²) in [5, 5.41) is 0. The van der Waals surface area contributed by atoms with Crippen molar-refractivity contribution >= 4 is 14.5 Å². The van der Waals surface area contributed by atoms with E-state index in [1.165, 1.54) is 140 Å². The molecule has 0 radical (unpaired) electrons. The molecule has 2 unspecified atom stereocenters. The molecule has 0 saturated heterocycles. The van der Waals surface area contributed by atoms with Gasteiger partial charge in [0.15, 0.2) is 0 Å². The van der Waals surface area contributed by atoms with Gasteiger partial charge in [0.1, 0.15) is 0 Å². The van der Waals surface area contributed by atoms with Gasteiger partial charge in [0.2, 0.25) is 0 Å². The Morgan fingerprint density at radius 3 is 1.09 bits per heavy atom. The van der Waals surface area contributed by atoms with Crippen LogP contribution >= 0.6 is 0 Å². The topological polar surface area (TPSA) is 18.5 Å². The first-order valence-electron chi connectivity index (χ1n) is 15.5. The normalized spacial score (nSPS) is 13.4. The Labute approximate surface area is 226 Å². The standard InChI is InChI=1S/C32H60O2Se/c1-5-7-9-11-13-15-17-19-21-23-25-33-29(3)31-27-35-28-32(31)30(4)34-26-24-22-20-18-16-14-12-10-8-6-2/h27-30H,5-26H2,1-4H3. The number of unbranched alkanes of at least 4 members (excludes halogenated alkanes) is 18. The van der Waals surface area contributed by atoms with Gasteiger partial charge in [0.05, 0.1) is 0 Å². The molecule has 0 aliphatic heterocycles. The smallest absolute Gasteiger partial charge is 0.0654 e. The van der Waals surface area contributed by atoms with E-state index in [0.29, 0.717) is 14.5 Å². The van der Waals surface area contributed by atoms with Crippen LogP contribution in [0.1, 0.15) is 179 Å². The fraction of sp³-hybridized carbons (Fsp3) is 0.875. The van der Waals surface area contributed by atoms with Crippen LogP contribution in [-0.4, -0.2) is 27.7 Å². The third-order valence-electron chi connectivity index (χ3n) is 7.33. The molecule has 35 heavy (non-hydrogen) atoms. The Morgan fingerprint density at radius 2 is 0.771 bits per heavy atom. The molecule has 3 heteroatoms. The van der Waals surface area contributed by atoms with Crippen LogP contribution in [0.4, 0.5) is 0 Å². The first kappa shape index (κ1) is 32.9. The van der Waals surface area contributed by atoms with Crippen molar-refractivity contribution in [2.24, 2.45) is 0 Å². The van der Waals surface area contributed by atoms with E-state index in [2.05, 4.69) is 37.6 Å². The summed E-state index contributed by atoms with van der Waals surface area (Å²) in [7, 11) is 0. The molecule has 0 aliphatic rings. The molecular weight excluding hydrogens is 495 g/mol. The summed E-state index contributed by atoms with van der Waals surface area (Å²) in [5.74, 6) is 0. The number of ether oxygens (including phenoxy) is 2. The van der Waals surface area contributed by atoms with Crippen molar-refractivity contribution in [3.63, 3.8) is 0 Å². The minimum Gasteiger partial charge on any atom is -0.0654 e. The fourth-order valence-corrected chi connectivity index (χ4v) is 6.99. The summed E-state index contributed by atoms with van der Waals surface area (Å²) in [4.78, 5) is 4.82. The summed E-state index contributed by atoms with van der Waals surface area (Å²) in [6.07, 6.45) is 27.9. The molecule has 2 nitrogen and oxygen atoms in total. The number of rotatable bonds is 26. The third-order valence-corrected chi connectivity index (χ3v) is 8.97. The fourth-order valence-electron chi connectivity index (χ4n) is 4.86. The average molecular weight is 556 g/mol. The molecule has 1 heterocycles. The Morgan fingerprint density at radius 1 is 0.486 bits per heavy atom. The SMILES string of the molecule is CCCCCCCCCCCCOC(C)c1c[se]cc1C(C)OCCCCCCCCCCCC. The summed E-state index contributed by atoms with van der Waals surface area (Å²) in [5.41, 5.74) is 2.79. The molecule has 0 saturated carbocycles. The first-order valence-corrected chi connectivity index (χ1v) is 17.5. The van der Waals surface area contributed by atoms with E-state index < -0.39 is 0 Å². The summed E-state index contributed by atoms with van der Waals surface area (Å²) < 4.78 is 12.5. The van der Waals surface area contributed by atoms with Gasteiger partial charge in [-0.1, -0.05) is 52.4 Å². The van der Waals surface area contributed by atoms with Crippen molar-refractivity contribution in [1.29, 1.82) is 0 Å². The van der Waals surface area contributed by atoms with E-state index in [9.17, 15) is 0 Å². The quantitative estimate of drug-likeness (QED) is 0.0836. The van der Waals surface area contributed by atoms with Gasteiger partial charge in [-0.2, -0.15) is 0 Å². The number of hydrogen-bond donors (Lipinski definition) is 0. The van der Waals surface area contributed by atoms with Gasteiger partial charge < -0.3 is 0 Å². The van der Waals surface area contributed by atoms with Crippen LogP contribution in [-0.2, 0) is 9.47 Å². The zero-order valence-electron chi connectivity index (χ0n) is 24.1. The van der Waals surface area contributed by atoms with Gasteiger partial charge in [0.25, 0.3) is 0 Å². The van der Waals surface area contributed by atoms with Crippen LogP contribution in [0, 0.1) is 0 Å². The molecule has 0 aliphatic carbocycles. The zero-order valence-corrected chi connectivity index (χ0v) is 25.8. The molecule has 206 valence electrons. The molecule has 2 atom stereocenters. The molecular formula is C32H60O2Se. The van der Waals surface area contributed by atoms with Crippen molar-refractivity contribution < 1.29 is 9.47 Å². The maximum atomic E-state index is 6.23. The van der Waals surface area contributed by atoms with Crippen LogP contribution < -0.4 is 0 Å². The van der Waals surface area contributed by atoms with Crippen LogP contribution in [0.25, 0.3) is 0 Å².